The number of carboxylic acids is 1. The quantitative estimate of drug-likeness (QED) is 0.829. The highest BCUT2D eigenvalue weighted by molar-refractivity contribution is 5.73. The van der Waals surface area contributed by atoms with Crippen LogP contribution in [-0.2, 0) is 4.79 Å². The van der Waals surface area contributed by atoms with Crippen LogP contribution in [0.25, 0.3) is 0 Å². The first-order valence-electron chi connectivity index (χ1n) is 6.60. The molecule has 19 heavy (non-hydrogen) atoms. The number of hydrogen-bond acceptors (Lipinski definition) is 4. The van der Waals surface area contributed by atoms with Crippen molar-refractivity contribution in [1.82, 2.24) is 4.90 Å². The van der Waals surface area contributed by atoms with E-state index in [9.17, 15) is 4.79 Å². The number of rotatable bonds is 4. The van der Waals surface area contributed by atoms with E-state index >= 15 is 0 Å². The number of carboxylic acid groups (broad SMARTS) is 1. The molecule has 5 heteroatoms. The van der Waals surface area contributed by atoms with Gasteiger partial charge in [-0.25, -0.2) is 0 Å². The van der Waals surface area contributed by atoms with Crippen molar-refractivity contribution in [3.05, 3.63) is 29.8 Å². The molecule has 5 nitrogen and oxygen atoms in total. The summed E-state index contributed by atoms with van der Waals surface area (Å²) in [5.41, 5.74) is 7.98. The van der Waals surface area contributed by atoms with E-state index < -0.39 is 12.0 Å². The van der Waals surface area contributed by atoms with Crippen molar-refractivity contribution < 1.29 is 9.90 Å². The molecular formula is C14H21N3O2. The van der Waals surface area contributed by atoms with E-state index in [2.05, 4.69) is 36.1 Å². The third-order valence-electron chi connectivity index (χ3n) is 3.63. The van der Waals surface area contributed by atoms with Crippen LogP contribution in [0.4, 0.5) is 5.69 Å². The summed E-state index contributed by atoms with van der Waals surface area (Å²) >= 11 is 0. The van der Waals surface area contributed by atoms with Gasteiger partial charge in [-0.05, 0) is 24.6 Å². The van der Waals surface area contributed by atoms with Crippen molar-refractivity contribution >= 4 is 11.7 Å². The van der Waals surface area contributed by atoms with Crippen LogP contribution in [0.5, 0.6) is 0 Å². The SMILES string of the molecule is Cc1cccc(N2CCN(C(CN)C(=O)O)CC2)c1. The fraction of sp³-hybridized carbons (Fsp3) is 0.500. The van der Waals surface area contributed by atoms with Crippen LogP contribution in [0.1, 0.15) is 5.56 Å². The Kier molecular flexibility index (Phi) is 4.39. The Bertz CT molecular complexity index is 442. The average Bonchev–Trinajstić information content (AvgIpc) is 2.40. The second-order valence-corrected chi connectivity index (χ2v) is 4.95. The Balaban J connectivity index is 1.97. The Morgan fingerprint density at radius 1 is 1.37 bits per heavy atom. The number of piperazine rings is 1. The van der Waals surface area contributed by atoms with Crippen LogP contribution in [-0.4, -0.2) is 54.7 Å². The molecule has 1 saturated heterocycles. The minimum Gasteiger partial charge on any atom is -0.480 e. The molecule has 3 N–H and O–H groups in total. The van der Waals surface area contributed by atoms with E-state index in [1.165, 1.54) is 11.3 Å². The number of hydrogen-bond donors (Lipinski definition) is 2. The highest BCUT2D eigenvalue weighted by Gasteiger charge is 2.27. The van der Waals surface area contributed by atoms with Crippen LogP contribution in [0.2, 0.25) is 0 Å². The fourth-order valence-electron chi connectivity index (χ4n) is 2.52. The maximum Gasteiger partial charge on any atom is 0.322 e. The zero-order valence-electron chi connectivity index (χ0n) is 11.2. The van der Waals surface area contributed by atoms with Crippen LogP contribution >= 0.6 is 0 Å². The molecule has 0 radical (unpaired) electrons. The lowest BCUT2D eigenvalue weighted by atomic mass is 10.1. The van der Waals surface area contributed by atoms with Crippen LogP contribution in [0, 0.1) is 6.92 Å². The number of nitrogens with zero attached hydrogens (tertiary/aromatic N) is 2. The monoisotopic (exact) mass is 263 g/mol. The zero-order chi connectivity index (χ0) is 13.8. The lowest BCUT2D eigenvalue weighted by molar-refractivity contribution is -0.143. The standard InChI is InChI=1S/C14H21N3O2/c1-11-3-2-4-12(9-11)16-5-7-17(8-6-16)13(10-15)14(18)19/h2-4,9,13H,5-8,10,15H2,1H3,(H,18,19). The van der Waals surface area contributed by atoms with Crippen molar-refractivity contribution in [2.24, 2.45) is 5.73 Å². The van der Waals surface area contributed by atoms with E-state index in [4.69, 9.17) is 10.8 Å². The number of nitrogens with two attached hydrogens (primary N) is 1. The first-order valence-corrected chi connectivity index (χ1v) is 6.60. The molecule has 104 valence electrons. The van der Waals surface area contributed by atoms with Crippen LogP contribution < -0.4 is 10.6 Å². The highest BCUT2D eigenvalue weighted by Crippen LogP contribution is 2.18. The van der Waals surface area contributed by atoms with Gasteiger partial charge in [0.1, 0.15) is 6.04 Å². The normalized spacial score (nSPS) is 18.3. The highest BCUT2D eigenvalue weighted by atomic mass is 16.4. The molecule has 0 aromatic heterocycles. The van der Waals surface area contributed by atoms with Gasteiger partial charge in [0.2, 0.25) is 0 Å². The van der Waals surface area contributed by atoms with Crippen molar-refractivity contribution in [1.29, 1.82) is 0 Å². The summed E-state index contributed by atoms with van der Waals surface area (Å²) in [7, 11) is 0. The van der Waals surface area contributed by atoms with Crippen molar-refractivity contribution in [3.63, 3.8) is 0 Å². The van der Waals surface area contributed by atoms with Crippen LogP contribution in [0.3, 0.4) is 0 Å². The number of aliphatic carboxylic acids is 1. The number of benzene rings is 1. The number of aryl methyl sites for hydroxylation is 1. The van der Waals surface area contributed by atoms with Gasteiger partial charge in [0.05, 0.1) is 0 Å². The van der Waals surface area contributed by atoms with Gasteiger partial charge in [-0.2, -0.15) is 0 Å². The molecule has 1 heterocycles. The Morgan fingerprint density at radius 3 is 2.58 bits per heavy atom. The smallest absolute Gasteiger partial charge is 0.322 e. The van der Waals surface area contributed by atoms with Gasteiger partial charge in [0.25, 0.3) is 0 Å². The van der Waals surface area contributed by atoms with Crippen molar-refractivity contribution in [2.45, 2.75) is 13.0 Å². The minimum atomic E-state index is -0.827. The minimum absolute atomic E-state index is 0.166. The first-order chi connectivity index (χ1) is 9.11. The summed E-state index contributed by atoms with van der Waals surface area (Å²) in [6, 6.07) is 7.83. The Labute approximate surface area is 113 Å². The van der Waals surface area contributed by atoms with E-state index in [1.54, 1.807) is 0 Å². The predicted octanol–water partition coefficient (Wildman–Crippen LogP) is 0.529. The molecule has 0 amide bonds. The third-order valence-corrected chi connectivity index (χ3v) is 3.63. The summed E-state index contributed by atoms with van der Waals surface area (Å²) < 4.78 is 0. The summed E-state index contributed by atoms with van der Waals surface area (Å²) in [6.45, 7) is 5.40. The van der Waals surface area contributed by atoms with Crippen molar-refractivity contribution in [3.8, 4) is 0 Å². The lowest BCUT2D eigenvalue weighted by Gasteiger charge is -2.38. The third kappa shape index (κ3) is 3.24. The maximum atomic E-state index is 11.1. The molecule has 0 aliphatic carbocycles. The largest absolute Gasteiger partial charge is 0.480 e. The van der Waals surface area contributed by atoms with Gasteiger partial charge in [-0.1, -0.05) is 12.1 Å². The van der Waals surface area contributed by atoms with E-state index in [0.717, 1.165) is 26.2 Å². The van der Waals surface area contributed by atoms with Crippen LogP contribution in [0.15, 0.2) is 24.3 Å². The number of anilines is 1. The molecule has 1 aliphatic rings. The van der Waals surface area contributed by atoms with E-state index in [1.807, 2.05) is 4.90 Å². The van der Waals surface area contributed by atoms with Gasteiger partial charge in [-0.15, -0.1) is 0 Å². The van der Waals surface area contributed by atoms with E-state index in [0.29, 0.717) is 0 Å². The number of carbonyl (C=O) groups is 1. The van der Waals surface area contributed by atoms with E-state index in [-0.39, 0.29) is 6.54 Å². The Morgan fingerprint density at radius 2 is 2.05 bits per heavy atom. The summed E-state index contributed by atoms with van der Waals surface area (Å²) in [5, 5.41) is 9.11. The van der Waals surface area contributed by atoms with Gasteiger partial charge >= 0.3 is 5.97 Å². The lowest BCUT2D eigenvalue weighted by Crippen LogP contribution is -2.55. The molecule has 0 spiro atoms. The molecule has 1 fully saturated rings. The predicted molar refractivity (Wildman–Crippen MR) is 75.4 cm³/mol. The molecule has 1 aromatic carbocycles. The average molecular weight is 263 g/mol. The molecular weight excluding hydrogens is 242 g/mol. The van der Waals surface area contributed by atoms with Crippen molar-refractivity contribution in [2.75, 3.05) is 37.6 Å². The summed E-state index contributed by atoms with van der Waals surface area (Å²) in [6.07, 6.45) is 0. The molecule has 1 aliphatic heterocycles. The zero-order valence-corrected chi connectivity index (χ0v) is 11.2. The maximum absolute atomic E-state index is 11.1. The van der Waals surface area contributed by atoms with Gasteiger partial charge in [0.15, 0.2) is 0 Å². The molecule has 2 rings (SSSR count). The second-order valence-electron chi connectivity index (χ2n) is 4.95. The second kappa shape index (κ2) is 6.04. The Hall–Kier alpha value is -1.59. The molecule has 1 unspecified atom stereocenters. The molecule has 0 saturated carbocycles. The molecule has 0 bridgehead atoms. The fourth-order valence-corrected chi connectivity index (χ4v) is 2.52. The molecule has 1 aromatic rings. The summed E-state index contributed by atoms with van der Waals surface area (Å²) in [4.78, 5) is 15.3. The first kappa shape index (κ1) is 13.8. The van der Waals surface area contributed by atoms with Gasteiger partial charge < -0.3 is 15.7 Å². The molecule has 1 atom stereocenters. The topological polar surface area (TPSA) is 69.8 Å². The summed E-state index contributed by atoms with van der Waals surface area (Å²) in [5.74, 6) is -0.827. The van der Waals surface area contributed by atoms with Gasteiger partial charge in [-0.3, -0.25) is 9.69 Å². The van der Waals surface area contributed by atoms with Gasteiger partial charge in [0, 0.05) is 38.4 Å².